The molecule has 100 valence electrons. The summed E-state index contributed by atoms with van der Waals surface area (Å²) in [6.07, 6.45) is 6.47. The molecule has 0 amide bonds. The first kappa shape index (κ1) is 14.5. The van der Waals surface area contributed by atoms with E-state index in [2.05, 4.69) is 27.7 Å². The van der Waals surface area contributed by atoms with E-state index in [9.17, 15) is 4.79 Å². The normalized spacial score (nSPS) is 25.6. The molecule has 0 aliphatic heterocycles. The number of carbonyl (C=O) groups excluding carboxylic acids is 1. The average Bonchev–Trinajstić information content (AvgIpc) is 2.28. The molecule has 0 saturated heterocycles. The van der Waals surface area contributed by atoms with Crippen LogP contribution < -0.4 is 0 Å². The number of hydrogen-bond acceptors (Lipinski definition) is 2. The molecule has 2 heteroatoms. The minimum Gasteiger partial charge on any atom is -0.465 e. The molecule has 0 unspecified atom stereocenters. The first-order chi connectivity index (χ1) is 7.95. The summed E-state index contributed by atoms with van der Waals surface area (Å²) >= 11 is 0. The molecule has 0 heterocycles. The van der Waals surface area contributed by atoms with Crippen molar-refractivity contribution in [2.45, 2.75) is 66.2 Å². The Hall–Kier alpha value is -0.530. The Morgan fingerprint density at radius 2 is 1.76 bits per heavy atom. The first-order valence-corrected chi connectivity index (χ1v) is 7.11. The lowest BCUT2D eigenvalue weighted by Crippen LogP contribution is -2.29. The summed E-state index contributed by atoms with van der Waals surface area (Å²) in [6, 6.07) is 0. The number of hydrogen-bond donors (Lipinski definition) is 0. The van der Waals surface area contributed by atoms with Crippen LogP contribution in [0, 0.1) is 17.3 Å². The average molecular weight is 240 g/mol. The van der Waals surface area contributed by atoms with Gasteiger partial charge in [-0.2, -0.15) is 0 Å². The summed E-state index contributed by atoms with van der Waals surface area (Å²) < 4.78 is 5.30. The highest BCUT2D eigenvalue weighted by Crippen LogP contribution is 2.40. The van der Waals surface area contributed by atoms with Gasteiger partial charge in [0.05, 0.1) is 12.5 Å². The smallest absolute Gasteiger partial charge is 0.308 e. The van der Waals surface area contributed by atoms with Crippen molar-refractivity contribution < 1.29 is 9.53 Å². The zero-order chi connectivity index (χ0) is 12.9. The van der Waals surface area contributed by atoms with E-state index < -0.39 is 0 Å². The van der Waals surface area contributed by atoms with Gasteiger partial charge in [0.15, 0.2) is 0 Å². The summed E-state index contributed by atoms with van der Waals surface area (Å²) in [4.78, 5) is 11.8. The second-order valence-electron chi connectivity index (χ2n) is 6.44. The molecule has 0 aromatic heterocycles. The van der Waals surface area contributed by atoms with E-state index in [1.807, 2.05) is 0 Å². The van der Waals surface area contributed by atoms with E-state index in [-0.39, 0.29) is 11.9 Å². The molecule has 0 atom stereocenters. The van der Waals surface area contributed by atoms with Crippen LogP contribution in [0.1, 0.15) is 66.2 Å². The molecule has 0 N–H and O–H groups in total. The van der Waals surface area contributed by atoms with E-state index in [1.165, 1.54) is 12.8 Å². The molecule has 1 saturated carbocycles. The van der Waals surface area contributed by atoms with Crippen molar-refractivity contribution in [3.63, 3.8) is 0 Å². The van der Waals surface area contributed by atoms with Crippen molar-refractivity contribution in [3.8, 4) is 0 Å². The van der Waals surface area contributed by atoms with Crippen LogP contribution in [0.15, 0.2) is 0 Å². The van der Waals surface area contributed by atoms with Crippen LogP contribution in [0.5, 0.6) is 0 Å². The number of unbranched alkanes of at least 4 members (excludes halogenated alkanes) is 1. The summed E-state index contributed by atoms with van der Waals surface area (Å²) in [6.45, 7) is 9.63. The van der Waals surface area contributed by atoms with E-state index >= 15 is 0 Å². The number of carbonyl (C=O) groups is 1. The predicted octanol–water partition coefficient (Wildman–Crippen LogP) is 4.18. The molecule has 2 nitrogen and oxygen atoms in total. The third kappa shape index (κ3) is 4.69. The van der Waals surface area contributed by atoms with Crippen LogP contribution in [0.25, 0.3) is 0 Å². The highest BCUT2D eigenvalue weighted by molar-refractivity contribution is 5.72. The van der Waals surface area contributed by atoms with Crippen molar-refractivity contribution >= 4 is 5.97 Å². The SMILES string of the molecule is CCCCOC(=O)C1CCC(C(C)(C)C)CC1. The van der Waals surface area contributed by atoms with Gasteiger partial charge in [-0.25, -0.2) is 0 Å². The van der Waals surface area contributed by atoms with Gasteiger partial charge in [0.25, 0.3) is 0 Å². The van der Waals surface area contributed by atoms with Crippen LogP contribution in [0.4, 0.5) is 0 Å². The van der Waals surface area contributed by atoms with E-state index in [1.54, 1.807) is 0 Å². The van der Waals surface area contributed by atoms with Gasteiger partial charge in [0, 0.05) is 0 Å². The van der Waals surface area contributed by atoms with Crippen LogP contribution in [0.3, 0.4) is 0 Å². The van der Waals surface area contributed by atoms with Gasteiger partial charge in [-0.3, -0.25) is 4.79 Å². The Morgan fingerprint density at radius 1 is 1.18 bits per heavy atom. The summed E-state index contributed by atoms with van der Waals surface area (Å²) in [5, 5.41) is 0. The lowest BCUT2D eigenvalue weighted by Gasteiger charge is -2.36. The molecule has 1 fully saturated rings. The maximum Gasteiger partial charge on any atom is 0.308 e. The highest BCUT2D eigenvalue weighted by Gasteiger charge is 2.32. The van der Waals surface area contributed by atoms with Crippen molar-refractivity contribution in [1.82, 2.24) is 0 Å². The number of rotatable bonds is 4. The van der Waals surface area contributed by atoms with Gasteiger partial charge in [-0.1, -0.05) is 34.1 Å². The Balaban J connectivity index is 2.29. The molecule has 0 bridgehead atoms. The quantitative estimate of drug-likeness (QED) is 0.544. The molecule has 17 heavy (non-hydrogen) atoms. The van der Waals surface area contributed by atoms with E-state index in [0.29, 0.717) is 12.0 Å². The fourth-order valence-electron chi connectivity index (χ4n) is 2.63. The van der Waals surface area contributed by atoms with E-state index in [0.717, 1.165) is 31.6 Å². The van der Waals surface area contributed by atoms with Gasteiger partial charge in [0.2, 0.25) is 0 Å². The minimum absolute atomic E-state index is 0.0470. The lowest BCUT2D eigenvalue weighted by atomic mass is 9.70. The Kier molecular flexibility index (Phi) is 5.48. The van der Waals surface area contributed by atoms with E-state index in [4.69, 9.17) is 4.74 Å². The second kappa shape index (κ2) is 6.42. The molecular weight excluding hydrogens is 212 g/mol. The maximum atomic E-state index is 11.8. The molecule has 1 rings (SSSR count). The summed E-state index contributed by atoms with van der Waals surface area (Å²) in [5.41, 5.74) is 0.386. The summed E-state index contributed by atoms with van der Waals surface area (Å²) in [7, 11) is 0. The molecule has 0 aromatic carbocycles. The van der Waals surface area contributed by atoms with Crippen LogP contribution >= 0.6 is 0 Å². The third-order valence-corrected chi connectivity index (χ3v) is 4.03. The van der Waals surface area contributed by atoms with Crippen molar-refractivity contribution in [2.24, 2.45) is 17.3 Å². The molecule has 0 aromatic rings. The van der Waals surface area contributed by atoms with Gasteiger partial charge in [-0.15, -0.1) is 0 Å². The monoisotopic (exact) mass is 240 g/mol. The van der Waals surface area contributed by atoms with Crippen molar-refractivity contribution in [1.29, 1.82) is 0 Å². The zero-order valence-electron chi connectivity index (χ0n) is 11.9. The molecular formula is C15H28O2. The molecule has 1 aliphatic carbocycles. The number of ether oxygens (including phenoxy) is 1. The van der Waals surface area contributed by atoms with Crippen molar-refractivity contribution in [2.75, 3.05) is 6.61 Å². The lowest BCUT2D eigenvalue weighted by molar-refractivity contribution is -0.150. The Morgan fingerprint density at radius 3 is 2.24 bits per heavy atom. The van der Waals surface area contributed by atoms with Crippen LogP contribution in [0.2, 0.25) is 0 Å². The van der Waals surface area contributed by atoms with Crippen LogP contribution in [-0.2, 0) is 9.53 Å². The predicted molar refractivity (Wildman–Crippen MR) is 70.8 cm³/mol. The first-order valence-electron chi connectivity index (χ1n) is 7.11. The summed E-state index contributed by atoms with van der Waals surface area (Å²) in [5.74, 6) is 0.985. The van der Waals surface area contributed by atoms with Gasteiger partial charge >= 0.3 is 5.97 Å². The molecule has 0 radical (unpaired) electrons. The topological polar surface area (TPSA) is 26.3 Å². The fraction of sp³-hybridized carbons (Fsp3) is 0.933. The fourth-order valence-corrected chi connectivity index (χ4v) is 2.63. The van der Waals surface area contributed by atoms with Gasteiger partial charge in [0.1, 0.15) is 0 Å². The Bertz CT molecular complexity index is 232. The van der Waals surface area contributed by atoms with Crippen LogP contribution in [-0.4, -0.2) is 12.6 Å². The third-order valence-electron chi connectivity index (χ3n) is 4.03. The standard InChI is InChI=1S/C15H28O2/c1-5-6-11-17-14(16)12-7-9-13(10-8-12)15(2,3)4/h12-13H,5-11H2,1-4H3. The maximum absolute atomic E-state index is 11.8. The number of esters is 1. The second-order valence-corrected chi connectivity index (χ2v) is 6.44. The Labute approximate surface area is 106 Å². The molecule has 1 aliphatic rings. The zero-order valence-corrected chi connectivity index (χ0v) is 11.9. The highest BCUT2D eigenvalue weighted by atomic mass is 16.5. The van der Waals surface area contributed by atoms with Gasteiger partial charge in [-0.05, 0) is 43.4 Å². The van der Waals surface area contributed by atoms with Crippen molar-refractivity contribution in [3.05, 3.63) is 0 Å². The molecule has 0 spiro atoms. The largest absolute Gasteiger partial charge is 0.465 e. The van der Waals surface area contributed by atoms with Gasteiger partial charge < -0.3 is 4.74 Å². The minimum atomic E-state index is 0.0470.